The molecule has 1 aromatic heterocycles. The lowest BCUT2D eigenvalue weighted by Crippen LogP contribution is -2.12. The van der Waals surface area contributed by atoms with Gasteiger partial charge in [0.05, 0.1) is 5.00 Å². The van der Waals surface area contributed by atoms with Gasteiger partial charge in [0.1, 0.15) is 0 Å². The number of carbonyl (C=O) groups is 1. The molecule has 2 rings (SSSR count). The summed E-state index contributed by atoms with van der Waals surface area (Å²) >= 11 is 1.47. The maximum absolute atomic E-state index is 11.3. The first kappa shape index (κ1) is 10.7. The van der Waals surface area contributed by atoms with Crippen LogP contribution in [0.2, 0.25) is 0 Å². The summed E-state index contributed by atoms with van der Waals surface area (Å²) in [5.74, 6) is -0.430. The van der Waals surface area contributed by atoms with Gasteiger partial charge in [0.25, 0.3) is 0 Å². The van der Waals surface area contributed by atoms with Crippen molar-refractivity contribution in [2.45, 2.75) is 6.92 Å². The van der Waals surface area contributed by atoms with Gasteiger partial charge in [-0.3, -0.25) is 4.79 Å². The summed E-state index contributed by atoms with van der Waals surface area (Å²) < 4.78 is 0. The highest BCUT2D eigenvalue weighted by molar-refractivity contribution is 7.14. The molecule has 0 fully saturated rings. The predicted molar refractivity (Wildman–Crippen MR) is 67.4 cm³/mol. The Morgan fingerprint density at radius 3 is 2.56 bits per heavy atom. The Balaban J connectivity index is 2.69. The maximum atomic E-state index is 11.3. The predicted octanol–water partition coefficient (Wildman–Crippen LogP) is 2.40. The summed E-state index contributed by atoms with van der Waals surface area (Å²) in [7, 11) is 0. The highest BCUT2D eigenvalue weighted by atomic mass is 32.1. The number of amides is 1. The molecule has 1 heterocycles. The van der Waals surface area contributed by atoms with Crippen molar-refractivity contribution in [3.05, 3.63) is 40.8 Å². The summed E-state index contributed by atoms with van der Waals surface area (Å²) in [5, 5.41) is 2.69. The van der Waals surface area contributed by atoms with Crippen molar-refractivity contribution < 1.29 is 4.79 Å². The van der Waals surface area contributed by atoms with Gasteiger partial charge < -0.3 is 11.5 Å². The van der Waals surface area contributed by atoms with E-state index in [1.165, 1.54) is 11.3 Å². The molecule has 16 heavy (non-hydrogen) atoms. The quantitative estimate of drug-likeness (QED) is 0.834. The number of primary amides is 1. The number of benzene rings is 1. The minimum Gasteiger partial charge on any atom is -0.390 e. The number of rotatable bonds is 2. The Morgan fingerprint density at radius 2 is 2.00 bits per heavy atom. The normalized spacial score (nSPS) is 10.3. The summed E-state index contributed by atoms with van der Waals surface area (Å²) in [6, 6.07) is 7.25. The van der Waals surface area contributed by atoms with Crippen LogP contribution in [0.25, 0.3) is 11.1 Å². The standard InChI is InChI=1S/C12H12N2OS/c1-7-6-16-12(14)10(7)8-4-2-3-5-9(8)11(13)15/h2-6H,14H2,1H3,(H2,13,15). The highest BCUT2D eigenvalue weighted by Gasteiger charge is 2.14. The Hall–Kier alpha value is -1.81. The summed E-state index contributed by atoms with van der Waals surface area (Å²) in [4.78, 5) is 11.3. The van der Waals surface area contributed by atoms with Crippen LogP contribution in [0.1, 0.15) is 15.9 Å². The van der Waals surface area contributed by atoms with Crippen LogP contribution in [0.4, 0.5) is 5.00 Å². The molecule has 4 heteroatoms. The molecule has 1 amide bonds. The van der Waals surface area contributed by atoms with Crippen molar-refractivity contribution in [3.8, 4) is 11.1 Å². The fraction of sp³-hybridized carbons (Fsp3) is 0.0833. The molecule has 2 aromatic rings. The third kappa shape index (κ3) is 1.67. The van der Waals surface area contributed by atoms with Gasteiger partial charge in [0.15, 0.2) is 0 Å². The zero-order valence-corrected chi connectivity index (χ0v) is 9.67. The lowest BCUT2D eigenvalue weighted by atomic mass is 9.98. The molecule has 82 valence electrons. The molecule has 0 saturated carbocycles. The number of hydrogen-bond acceptors (Lipinski definition) is 3. The zero-order valence-electron chi connectivity index (χ0n) is 8.86. The van der Waals surface area contributed by atoms with E-state index in [2.05, 4.69) is 0 Å². The molecule has 3 nitrogen and oxygen atoms in total. The highest BCUT2D eigenvalue weighted by Crippen LogP contribution is 2.36. The average molecular weight is 232 g/mol. The van der Waals surface area contributed by atoms with E-state index in [9.17, 15) is 4.79 Å². The van der Waals surface area contributed by atoms with E-state index in [0.29, 0.717) is 10.6 Å². The van der Waals surface area contributed by atoms with Gasteiger partial charge >= 0.3 is 0 Å². The van der Waals surface area contributed by atoms with Crippen LogP contribution in [0.3, 0.4) is 0 Å². The van der Waals surface area contributed by atoms with Crippen molar-refractivity contribution in [2.75, 3.05) is 5.73 Å². The molecule has 0 bridgehead atoms. The lowest BCUT2D eigenvalue weighted by molar-refractivity contribution is 0.100. The fourth-order valence-electron chi connectivity index (χ4n) is 1.73. The summed E-state index contributed by atoms with van der Waals surface area (Å²) in [6.45, 7) is 1.97. The van der Waals surface area contributed by atoms with E-state index in [0.717, 1.165) is 16.7 Å². The second-order valence-corrected chi connectivity index (χ2v) is 4.48. The molecule has 0 aliphatic carbocycles. The molecule has 0 spiro atoms. The van der Waals surface area contributed by atoms with Crippen LogP contribution in [-0.4, -0.2) is 5.91 Å². The minimum atomic E-state index is -0.430. The van der Waals surface area contributed by atoms with Crippen molar-refractivity contribution >= 4 is 22.2 Å². The van der Waals surface area contributed by atoms with E-state index in [4.69, 9.17) is 11.5 Å². The van der Waals surface area contributed by atoms with Crippen molar-refractivity contribution in [3.63, 3.8) is 0 Å². The molecule has 0 aliphatic rings. The number of carbonyl (C=O) groups excluding carboxylic acids is 1. The first-order valence-electron chi connectivity index (χ1n) is 4.84. The molecule has 0 unspecified atom stereocenters. The maximum Gasteiger partial charge on any atom is 0.249 e. The van der Waals surface area contributed by atoms with Crippen LogP contribution < -0.4 is 11.5 Å². The van der Waals surface area contributed by atoms with Crippen LogP contribution in [-0.2, 0) is 0 Å². The van der Waals surface area contributed by atoms with E-state index in [-0.39, 0.29) is 0 Å². The third-order valence-corrected chi connectivity index (χ3v) is 3.39. The number of aryl methyl sites for hydroxylation is 1. The molecule has 0 aliphatic heterocycles. The van der Waals surface area contributed by atoms with Crippen LogP contribution in [0.15, 0.2) is 29.6 Å². The molecular formula is C12H12N2OS. The Labute approximate surface area is 97.7 Å². The van der Waals surface area contributed by atoms with E-state index < -0.39 is 5.91 Å². The Bertz CT molecular complexity index is 526. The van der Waals surface area contributed by atoms with Crippen LogP contribution in [0, 0.1) is 6.92 Å². The van der Waals surface area contributed by atoms with Gasteiger partial charge in [-0.05, 0) is 29.5 Å². The number of hydrogen-bond donors (Lipinski definition) is 2. The zero-order chi connectivity index (χ0) is 11.7. The van der Waals surface area contributed by atoms with E-state index >= 15 is 0 Å². The van der Waals surface area contributed by atoms with Gasteiger partial charge in [-0.1, -0.05) is 18.2 Å². The van der Waals surface area contributed by atoms with E-state index in [1.807, 2.05) is 24.4 Å². The molecule has 4 N–H and O–H groups in total. The number of nitrogen functional groups attached to an aromatic ring is 1. The number of nitrogens with two attached hydrogens (primary N) is 2. The van der Waals surface area contributed by atoms with Gasteiger partial charge in [-0.2, -0.15) is 0 Å². The third-order valence-electron chi connectivity index (χ3n) is 2.47. The first-order chi connectivity index (χ1) is 7.61. The Kier molecular flexibility index (Phi) is 2.66. The average Bonchev–Trinajstić information content (AvgIpc) is 2.58. The van der Waals surface area contributed by atoms with Crippen molar-refractivity contribution in [2.24, 2.45) is 5.73 Å². The smallest absolute Gasteiger partial charge is 0.249 e. The topological polar surface area (TPSA) is 69.1 Å². The number of thiophene rings is 1. The van der Waals surface area contributed by atoms with Gasteiger partial charge in [0.2, 0.25) is 5.91 Å². The van der Waals surface area contributed by atoms with E-state index in [1.54, 1.807) is 12.1 Å². The minimum absolute atomic E-state index is 0.430. The van der Waals surface area contributed by atoms with Crippen LogP contribution >= 0.6 is 11.3 Å². The summed E-state index contributed by atoms with van der Waals surface area (Å²) in [6.07, 6.45) is 0. The van der Waals surface area contributed by atoms with Gasteiger partial charge in [0, 0.05) is 11.1 Å². The molecular weight excluding hydrogens is 220 g/mol. The van der Waals surface area contributed by atoms with Crippen molar-refractivity contribution in [1.82, 2.24) is 0 Å². The fourth-order valence-corrected chi connectivity index (χ4v) is 2.54. The SMILES string of the molecule is Cc1csc(N)c1-c1ccccc1C(N)=O. The molecule has 1 aromatic carbocycles. The van der Waals surface area contributed by atoms with Crippen molar-refractivity contribution in [1.29, 1.82) is 0 Å². The molecule has 0 radical (unpaired) electrons. The van der Waals surface area contributed by atoms with Gasteiger partial charge in [-0.25, -0.2) is 0 Å². The largest absolute Gasteiger partial charge is 0.390 e. The summed E-state index contributed by atoms with van der Waals surface area (Å²) in [5.41, 5.74) is 14.6. The van der Waals surface area contributed by atoms with Gasteiger partial charge in [-0.15, -0.1) is 11.3 Å². The Morgan fingerprint density at radius 1 is 1.31 bits per heavy atom. The van der Waals surface area contributed by atoms with Crippen LogP contribution in [0.5, 0.6) is 0 Å². The molecule has 0 saturated heterocycles. The lowest BCUT2D eigenvalue weighted by Gasteiger charge is -2.07. The second kappa shape index (κ2) is 3.98. The number of anilines is 1. The first-order valence-corrected chi connectivity index (χ1v) is 5.72. The monoisotopic (exact) mass is 232 g/mol. The second-order valence-electron chi connectivity index (χ2n) is 3.57. The molecule has 0 atom stereocenters.